The first-order valence-corrected chi connectivity index (χ1v) is 16.6. The second-order valence-corrected chi connectivity index (χ2v) is 12.5. The van der Waals surface area contributed by atoms with Crippen molar-refractivity contribution in [1.29, 1.82) is 0 Å². The van der Waals surface area contributed by atoms with Gasteiger partial charge in [-0.25, -0.2) is 0 Å². The van der Waals surface area contributed by atoms with Gasteiger partial charge in [0.15, 0.2) is 0 Å². The first-order valence-electron chi connectivity index (χ1n) is 16.6. The summed E-state index contributed by atoms with van der Waals surface area (Å²) >= 11 is 0. The normalized spacial score (nSPS) is 12.1. The summed E-state index contributed by atoms with van der Waals surface area (Å²) in [6.45, 7) is 16.2. The van der Waals surface area contributed by atoms with Gasteiger partial charge in [0.25, 0.3) is 0 Å². The molecule has 0 N–H and O–H groups in total. The SMILES string of the molecule is C=CCc1cc2c(OC)c(c1)Cc1cc(CC=C)cc(c1OC)Cc1cc(CC=C)cc(c1OC)Cc1cc(CC=C)cc(c1OC)C2. The highest BCUT2D eigenvalue weighted by atomic mass is 16.5. The highest BCUT2D eigenvalue weighted by Gasteiger charge is 2.23. The second kappa shape index (κ2) is 15.8. The quantitative estimate of drug-likeness (QED) is 0.127. The van der Waals surface area contributed by atoms with Crippen LogP contribution in [0.1, 0.15) is 66.8 Å². The lowest BCUT2D eigenvalue weighted by atomic mass is 9.87. The van der Waals surface area contributed by atoms with Gasteiger partial charge in [-0.3, -0.25) is 0 Å². The average Bonchev–Trinajstić information content (AvgIpc) is 3.05. The van der Waals surface area contributed by atoms with Crippen molar-refractivity contribution in [2.24, 2.45) is 0 Å². The zero-order chi connectivity index (χ0) is 34.2. The standard InChI is InChI=1S/C44H48O4/c1-9-13-29-17-33-25-35-19-30(14-10-2)21-37(42(35)46-6)27-39-23-32(16-12-4)24-40(44(39)48-8)28-38-22-31(15-11-3)20-36(43(38)47-7)26-34(18-29)41(33)45-5/h9-12,17-24H,1-4,13-16,25-28H2,5-8H3. The molecule has 0 unspecified atom stereocenters. The molecular weight excluding hydrogens is 592 g/mol. The summed E-state index contributed by atoms with van der Waals surface area (Å²) in [6, 6.07) is 18.0. The number of hydrogen-bond donors (Lipinski definition) is 0. The predicted octanol–water partition coefficient (Wildman–Crippen LogP) is 9.31. The number of methoxy groups -OCH3 is 4. The Labute approximate surface area is 287 Å². The highest BCUT2D eigenvalue weighted by molar-refractivity contribution is 5.59. The number of rotatable bonds is 12. The summed E-state index contributed by atoms with van der Waals surface area (Å²) in [5.74, 6) is 3.52. The van der Waals surface area contributed by atoms with Crippen molar-refractivity contribution in [2.75, 3.05) is 28.4 Å². The van der Waals surface area contributed by atoms with Gasteiger partial charge in [0.05, 0.1) is 28.4 Å². The molecule has 8 bridgehead atoms. The van der Waals surface area contributed by atoms with Gasteiger partial charge in [0.2, 0.25) is 0 Å². The third kappa shape index (κ3) is 7.28. The Morgan fingerprint density at radius 1 is 0.375 bits per heavy atom. The van der Waals surface area contributed by atoms with Crippen LogP contribution in [-0.4, -0.2) is 28.4 Å². The molecule has 4 nitrogen and oxygen atoms in total. The molecule has 0 heterocycles. The lowest BCUT2D eigenvalue weighted by Crippen LogP contribution is -2.08. The van der Waals surface area contributed by atoms with Crippen LogP contribution >= 0.6 is 0 Å². The molecule has 5 rings (SSSR count). The molecule has 1 aliphatic rings. The topological polar surface area (TPSA) is 36.9 Å². The van der Waals surface area contributed by atoms with Crippen molar-refractivity contribution >= 4 is 0 Å². The maximum atomic E-state index is 6.24. The van der Waals surface area contributed by atoms with Gasteiger partial charge in [-0.05, 0) is 92.4 Å². The van der Waals surface area contributed by atoms with Crippen molar-refractivity contribution in [3.8, 4) is 23.0 Å². The van der Waals surface area contributed by atoms with Crippen molar-refractivity contribution in [3.05, 3.63) is 166 Å². The number of allylic oxidation sites excluding steroid dienone is 4. The van der Waals surface area contributed by atoms with E-state index in [4.69, 9.17) is 18.9 Å². The Bertz CT molecular complexity index is 1480. The summed E-state index contributed by atoms with van der Waals surface area (Å²) in [5, 5.41) is 0. The molecule has 4 aromatic carbocycles. The van der Waals surface area contributed by atoms with E-state index in [1.54, 1.807) is 28.4 Å². The van der Waals surface area contributed by atoms with Gasteiger partial charge in [0.1, 0.15) is 23.0 Å². The molecule has 0 aliphatic heterocycles. The van der Waals surface area contributed by atoms with Crippen LogP contribution in [0, 0.1) is 0 Å². The lowest BCUT2D eigenvalue weighted by Gasteiger charge is -2.23. The van der Waals surface area contributed by atoms with Crippen LogP contribution in [0.15, 0.2) is 99.2 Å². The minimum atomic E-state index is 0.639. The fraction of sp³-hybridized carbons (Fsp3) is 0.273. The Morgan fingerprint density at radius 2 is 0.542 bits per heavy atom. The zero-order valence-electron chi connectivity index (χ0n) is 29.0. The van der Waals surface area contributed by atoms with E-state index in [2.05, 4.69) is 74.8 Å². The molecule has 4 heteroatoms. The fourth-order valence-corrected chi connectivity index (χ4v) is 7.36. The number of hydrogen-bond acceptors (Lipinski definition) is 4. The molecule has 0 fully saturated rings. The molecule has 0 radical (unpaired) electrons. The number of ether oxygens (including phenoxy) is 4. The van der Waals surface area contributed by atoms with Crippen molar-refractivity contribution in [1.82, 2.24) is 0 Å². The number of fused-ring (bicyclic) bond motifs is 8. The minimum Gasteiger partial charge on any atom is -0.496 e. The molecule has 48 heavy (non-hydrogen) atoms. The third-order valence-electron chi connectivity index (χ3n) is 9.07. The average molecular weight is 641 g/mol. The molecule has 0 amide bonds. The Balaban J connectivity index is 1.89. The summed E-state index contributed by atoms with van der Waals surface area (Å²) < 4.78 is 24.9. The molecule has 1 aliphatic carbocycles. The zero-order valence-corrected chi connectivity index (χ0v) is 29.0. The third-order valence-corrected chi connectivity index (χ3v) is 9.07. The largest absolute Gasteiger partial charge is 0.496 e. The van der Waals surface area contributed by atoms with Crippen LogP contribution < -0.4 is 18.9 Å². The van der Waals surface area contributed by atoms with E-state index >= 15 is 0 Å². The highest BCUT2D eigenvalue weighted by Crippen LogP contribution is 2.40. The summed E-state index contributed by atoms with van der Waals surface area (Å²) in [4.78, 5) is 0. The summed E-state index contributed by atoms with van der Waals surface area (Å²) in [7, 11) is 7.06. The molecule has 248 valence electrons. The molecule has 0 aromatic heterocycles. The molecular formula is C44H48O4. The smallest absolute Gasteiger partial charge is 0.125 e. The van der Waals surface area contributed by atoms with Gasteiger partial charge in [-0.2, -0.15) is 0 Å². The van der Waals surface area contributed by atoms with Gasteiger partial charge >= 0.3 is 0 Å². The van der Waals surface area contributed by atoms with E-state index < -0.39 is 0 Å². The minimum absolute atomic E-state index is 0.639. The van der Waals surface area contributed by atoms with Crippen LogP contribution in [0.2, 0.25) is 0 Å². The van der Waals surface area contributed by atoms with Gasteiger partial charge in [0, 0.05) is 25.7 Å². The van der Waals surface area contributed by atoms with E-state index in [9.17, 15) is 0 Å². The maximum absolute atomic E-state index is 6.24. The Hall–Kier alpha value is -4.96. The maximum Gasteiger partial charge on any atom is 0.125 e. The van der Waals surface area contributed by atoms with Crippen LogP contribution in [0.4, 0.5) is 0 Å². The van der Waals surface area contributed by atoms with Gasteiger partial charge < -0.3 is 18.9 Å². The van der Waals surface area contributed by atoms with Crippen LogP contribution in [0.25, 0.3) is 0 Å². The molecule has 0 saturated heterocycles. The van der Waals surface area contributed by atoms with E-state index in [1.165, 1.54) is 22.3 Å². The first kappa shape index (κ1) is 34.4. The van der Waals surface area contributed by atoms with E-state index in [-0.39, 0.29) is 0 Å². The number of benzene rings is 4. The van der Waals surface area contributed by atoms with E-state index in [1.807, 2.05) is 24.3 Å². The monoisotopic (exact) mass is 640 g/mol. The second-order valence-electron chi connectivity index (χ2n) is 12.5. The Kier molecular flexibility index (Phi) is 11.3. The first-order chi connectivity index (χ1) is 23.4. The van der Waals surface area contributed by atoms with Gasteiger partial charge in [-0.15, -0.1) is 26.3 Å². The predicted molar refractivity (Wildman–Crippen MR) is 199 cm³/mol. The molecule has 0 saturated carbocycles. The molecule has 0 atom stereocenters. The molecule has 4 aromatic rings. The fourth-order valence-electron chi connectivity index (χ4n) is 7.36. The van der Waals surface area contributed by atoms with Crippen molar-refractivity contribution < 1.29 is 18.9 Å². The summed E-state index contributed by atoms with van der Waals surface area (Å²) in [5.41, 5.74) is 13.6. The Morgan fingerprint density at radius 3 is 0.667 bits per heavy atom. The van der Waals surface area contributed by atoms with Crippen LogP contribution in [0.3, 0.4) is 0 Å². The molecule has 0 spiro atoms. The van der Waals surface area contributed by atoms with E-state index in [0.29, 0.717) is 25.7 Å². The summed E-state index contributed by atoms with van der Waals surface area (Å²) in [6.07, 6.45) is 13.4. The van der Waals surface area contributed by atoms with Crippen LogP contribution in [0.5, 0.6) is 23.0 Å². The van der Waals surface area contributed by atoms with E-state index in [0.717, 1.165) is 93.2 Å². The van der Waals surface area contributed by atoms with Crippen LogP contribution in [-0.2, 0) is 51.4 Å². The lowest BCUT2D eigenvalue weighted by molar-refractivity contribution is 0.395. The van der Waals surface area contributed by atoms with Gasteiger partial charge in [-0.1, -0.05) is 72.8 Å². The van der Waals surface area contributed by atoms with Crippen molar-refractivity contribution in [2.45, 2.75) is 51.4 Å². The van der Waals surface area contributed by atoms with Crippen molar-refractivity contribution in [3.63, 3.8) is 0 Å².